The molecule has 2 rings (SSSR count). The maximum atomic E-state index is 11.4. The van der Waals surface area contributed by atoms with Crippen molar-refractivity contribution in [1.82, 2.24) is 14.6 Å². The van der Waals surface area contributed by atoms with E-state index in [4.69, 9.17) is 0 Å². The Bertz CT molecular complexity index is 632. The number of esters is 2. The lowest BCUT2D eigenvalue weighted by Crippen LogP contribution is -2.08. The van der Waals surface area contributed by atoms with Crippen molar-refractivity contribution in [2.45, 2.75) is 6.92 Å². The van der Waals surface area contributed by atoms with Crippen LogP contribution in [0.15, 0.2) is 12.1 Å². The van der Waals surface area contributed by atoms with Gasteiger partial charge < -0.3 is 9.47 Å². The topological polar surface area (TPSA) is 82.8 Å². The number of ether oxygens (including phenoxy) is 2. The molecule has 0 fully saturated rings. The first kappa shape index (κ1) is 12.0. The van der Waals surface area contributed by atoms with Gasteiger partial charge in [-0.05, 0) is 13.0 Å². The molecule has 2 heterocycles. The standard InChI is InChI=1S/C11H11N3O4/c1-6-4-7(10(15)17-2)12-9-5-8(11(16)18-3)13-14(6)9/h4-5H,1-3H3. The maximum absolute atomic E-state index is 11.4. The van der Waals surface area contributed by atoms with Crippen molar-refractivity contribution in [2.24, 2.45) is 0 Å². The van der Waals surface area contributed by atoms with Gasteiger partial charge in [0.2, 0.25) is 0 Å². The van der Waals surface area contributed by atoms with Gasteiger partial charge in [-0.2, -0.15) is 5.10 Å². The van der Waals surface area contributed by atoms with E-state index in [1.54, 1.807) is 6.92 Å². The van der Waals surface area contributed by atoms with Gasteiger partial charge in [-0.15, -0.1) is 0 Å². The smallest absolute Gasteiger partial charge is 0.358 e. The minimum atomic E-state index is -0.556. The molecule has 0 aliphatic rings. The fourth-order valence-corrected chi connectivity index (χ4v) is 1.54. The van der Waals surface area contributed by atoms with Crippen molar-refractivity contribution in [3.8, 4) is 0 Å². The Morgan fingerprint density at radius 2 is 1.72 bits per heavy atom. The van der Waals surface area contributed by atoms with Crippen molar-refractivity contribution < 1.29 is 19.1 Å². The third kappa shape index (κ3) is 1.90. The first-order valence-corrected chi connectivity index (χ1v) is 5.11. The molecule has 0 aliphatic heterocycles. The predicted octanol–water partition coefficient (Wildman–Crippen LogP) is 0.611. The third-order valence-corrected chi connectivity index (χ3v) is 2.39. The summed E-state index contributed by atoms with van der Waals surface area (Å²) in [5, 5.41) is 4.04. The van der Waals surface area contributed by atoms with Crippen LogP contribution in [-0.4, -0.2) is 40.8 Å². The summed E-state index contributed by atoms with van der Waals surface area (Å²) in [5.41, 5.74) is 1.35. The van der Waals surface area contributed by atoms with Gasteiger partial charge in [0, 0.05) is 11.8 Å². The highest BCUT2D eigenvalue weighted by Crippen LogP contribution is 2.10. The zero-order valence-electron chi connectivity index (χ0n) is 10.1. The average Bonchev–Trinajstić information content (AvgIpc) is 2.81. The highest BCUT2D eigenvalue weighted by Gasteiger charge is 2.16. The van der Waals surface area contributed by atoms with E-state index in [1.807, 2.05) is 0 Å². The van der Waals surface area contributed by atoms with Crippen LogP contribution in [0.3, 0.4) is 0 Å². The molecule has 0 saturated carbocycles. The highest BCUT2D eigenvalue weighted by atomic mass is 16.5. The van der Waals surface area contributed by atoms with Crippen molar-refractivity contribution >= 4 is 17.6 Å². The number of nitrogens with zero attached hydrogens (tertiary/aromatic N) is 3. The van der Waals surface area contributed by atoms with Gasteiger partial charge in [-0.3, -0.25) is 0 Å². The first-order valence-electron chi connectivity index (χ1n) is 5.11. The maximum Gasteiger partial charge on any atom is 0.358 e. The molecule has 0 unspecified atom stereocenters. The number of aryl methyl sites for hydroxylation is 1. The van der Waals surface area contributed by atoms with Crippen LogP contribution in [0.1, 0.15) is 26.7 Å². The summed E-state index contributed by atoms with van der Waals surface area (Å²) < 4.78 is 10.6. The monoisotopic (exact) mass is 249 g/mol. The number of carbonyl (C=O) groups is 2. The van der Waals surface area contributed by atoms with Crippen molar-refractivity contribution in [1.29, 1.82) is 0 Å². The van der Waals surface area contributed by atoms with Crippen LogP contribution in [0.5, 0.6) is 0 Å². The second-order valence-electron chi connectivity index (χ2n) is 3.57. The highest BCUT2D eigenvalue weighted by molar-refractivity contribution is 5.90. The summed E-state index contributed by atoms with van der Waals surface area (Å²) in [5.74, 6) is -1.10. The van der Waals surface area contributed by atoms with E-state index in [0.717, 1.165) is 0 Å². The van der Waals surface area contributed by atoms with Crippen LogP contribution in [0.2, 0.25) is 0 Å². The number of hydrogen-bond donors (Lipinski definition) is 0. The van der Waals surface area contributed by atoms with Crippen molar-refractivity contribution in [2.75, 3.05) is 14.2 Å². The molecule has 18 heavy (non-hydrogen) atoms. The Hall–Kier alpha value is -2.44. The van der Waals surface area contributed by atoms with E-state index >= 15 is 0 Å². The van der Waals surface area contributed by atoms with Crippen LogP contribution >= 0.6 is 0 Å². The molecule has 2 aromatic heterocycles. The zero-order chi connectivity index (χ0) is 13.3. The fourth-order valence-electron chi connectivity index (χ4n) is 1.54. The molecular weight excluding hydrogens is 238 g/mol. The second-order valence-corrected chi connectivity index (χ2v) is 3.57. The number of hydrogen-bond acceptors (Lipinski definition) is 6. The summed E-state index contributed by atoms with van der Waals surface area (Å²) in [7, 11) is 2.55. The molecule has 2 aromatic rings. The van der Waals surface area contributed by atoms with Crippen LogP contribution in [0, 0.1) is 6.92 Å². The molecule has 0 aliphatic carbocycles. The third-order valence-electron chi connectivity index (χ3n) is 2.39. The van der Waals surface area contributed by atoms with Gasteiger partial charge in [0.25, 0.3) is 0 Å². The summed E-state index contributed by atoms with van der Waals surface area (Å²) in [6.07, 6.45) is 0. The second kappa shape index (κ2) is 4.44. The summed E-state index contributed by atoms with van der Waals surface area (Å²) in [6.45, 7) is 1.75. The summed E-state index contributed by atoms with van der Waals surface area (Å²) >= 11 is 0. The lowest BCUT2D eigenvalue weighted by atomic mass is 10.3. The van der Waals surface area contributed by atoms with E-state index in [0.29, 0.717) is 11.3 Å². The van der Waals surface area contributed by atoms with Crippen molar-refractivity contribution in [3.63, 3.8) is 0 Å². The molecule has 7 nitrogen and oxygen atoms in total. The van der Waals surface area contributed by atoms with E-state index in [1.165, 1.54) is 30.9 Å². The zero-order valence-corrected chi connectivity index (χ0v) is 10.1. The van der Waals surface area contributed by atoms with E-state index < -0.39 is 11.9 Å². The predicted molar refractivity (Wildman–Crippen MR) is 60.4 cm³/mol. The van der Waals surface area contributed by atoms with Crippen molar-refractivity contribution in [3.05, 3.63) is 29.2 Å². The average molecular weight is 249 g/mol. The number of methoxy groups -OCH3 is 2. The van der Waals surface area contributed by atoms with E-state index in [-0.39, 0.29) is 11.4 Å². The summed E-state index contributed by atoms with van der Waals surface area (Å²) in [6, 6.07) is 2.98. The number of fused-ring (bicyclic) bond motifs is 1. The van der Waals surface area contributed by atoms with Crippen LogP contribution < -0.4 is 0 Å². The number of aromatic nitrogens is 3. The Balaban J connectivity index is 2.59. The molecule has 0 aromatic carbocycles. The molecule has 0 saturated heterocycles. The molecule has 0 amide bonds. The van der Waals surface area contributed by atoms with Crippen LogP contribution in [-0.2, 0) is 9.47 Å². The van der Waals surface area contributed by atoms with Gasteiger partial charge in [0.1, 0.15) is 0 Å². The SMILES string of the molecule is COC(=O)c1cc(C)n2nc(C(=O)OC)cc2n1. The molecule has 0 atom stereocenters. The molecule has 0 N–H and O–H groups in total. The Labute approximate surface area is 102 Å². The Morgan fingerprint density at radius 1 is 1.11 bits per heavy atom. The minimum absolute atomic E-state index is 0.134. The minimum Gasteiger partial charge on any atom is -0.464 e. The van der Waals surface area contributed by atoms with E-state index in [2.05, 4.69) is 19.6 Å². The van der Waals surface area contributed by atoms with Gasteiger partial charge in [0.15, 0.2) is 17.0 Å². The molecule has 0 radical (unpaired) electrons. The van der Waals surface area contributed by atoms with Gasteiger partial charge >= 0.3 is 11.9 Å². The molecular formula is C11H11N3O4. The quantitative estimate of drug-likeness (QED) is 0.725. The Kier molecular flexibility index (Phi) is 2.97. The number of rotatable bonds is 2. The van der Waals surface area contributed by atoms with Gasteiger partial charge in [-0.1, -0.05) is 0 Å². The van der Waals surface area contributed by atoms with Crippen LogP contribution in [0.25, 0.3) is 5.65 Å². The molecule has 7 heteroatoms. The van der Waals surface area contributed by atoms with Gasteiger partial charge in [-0.25, -0.2) is 19.1 Å². The lowest BCUT2D eigenvalue weighted by Gasteiger charge is -2.02. The lowest BCUT2D eigenvalue weighted by molar-refractivity contribution is 0.0584. The molecule has 0 bridgehead atoms. The van der Waals surface area contributed by atoms with Gasteiger partial charge in [0.05, 0.1) is 14.2 Å². The molecule has 94 valence electrons. The van der Waals surface area contributed by atoms with Crippen LogP contribution in [0.4, 0.5) is 0 Å². The fraction of sp³-hybridized carbons (Fsp3) is 0.273. The molecule has 0 spiro atoms. The van der Waals surface area contributed by atoms with E-state index in [9.17, 15) is 9.59 Å². The normalized spacial score (nSPS) is 10.4. The largest absolute Gasteiger partial charge is 0.464 e. The first-order chi connectivity index (χ1) is 8.56. The summed E-state index contributed by atoms with van der Waals surface area (Å²) in [4.78, 5) is 26.8. The number of carbonyl (C=O) groups excluding carboxylic acids is 2. The Morgan fingerprint density at radius 3 is 2.33 bits per heavy atom.